The molecule has 0 bridgehead atoms. The van der Waals surface area contributed by atoms with E-state index in [-0.39, 0.29) is 5.91 Å². The zero-order chi connectivity index (χ0) is 21.6. The number of pyridine rings is 1. The van der Waals surface area contributed by atoms with E-state index in [9.17, 15) is 9.59 Å². The monoisotopic (exact) mass is 416 g/mol. The second kappa shape index (κ2) is 9.30. The summed E-state index contributed by atoms with van der Waals surface area (Å²) in [6, 6.07) is 17.4. The van der Waals surface area contributed by atoms with Crippen LogP contribution in [0.5, 0.6) is 11.5 Å². The van der Waals surface area contributed by atoms with Crippen LogP contribution in [0.25, 0.3) is 0 Å². The molecule has 1 fully saturated rings. The van der Waals surface area contributed by atoms with Crippen molar-refractivity contribution in [2.45, 2.75) is 19.4 Å². The van der Waals surface area contributed by atoms with E-state index < -0.39 is 5.91 Å². The van der Waals surface area contributed by atoms with E-state index in [0.29, 0.717) is 29.2 Å². The predicted molar refractivity (Wildman–Crippen MR) is 118 cm³/mol. The molecule has 0 saturated carbocycles. The molecule has 3 aromatic rings. The number of rotatable bonds is 7. The summed E-state index contributed by atoms with van der Waals surface area (Å²) in [5, 5.41) is 2.95. The minimum Gasteiger partial charge on any atom is -0.457 e. The summed E-state index contributed by atoms with van der Waals surface area (Å²) in [5.41, 5.74) is 7.22. The SMILES string of the molecule is NC(=O)c1ccc(Oc2ccc(C(=O)NCc3ccnc(N4CCCC4)c3)cc2)cc1. The second-order valence-electron chi connectivity index (χ2n) is 7.41. The first-order valence-electron chi connectivity index (χ1n) is 10.2. The molecule has 4 rings (SSSR count). The Labute approximate surface area is 180 Å². The maximum Gasteiger partial charge on any atom is 0.251 e. The standard InChI is InChI=1S/C24H24N4O3/c25-23(29)18-3-7-20(8-4-18)31-21-9-5-19(6-10-21)24(30)27-16-17-11-12-26-22(15-17)28-13-1-2-14-28/h3-12,15H,1-2,13-14,16H2,(H2,25,29)(H,27,30). The molecule has 1 saturated heterocycles. The van der Waals surface area contributed by atoms with Crippen molar-refractivity contribution in [2.24, 2.45) is 5.73 Å². The molecule has 0 atom stereocenters. The van der Waals surface area contributed by atoms with Gasteiger partial charge in [-0.3, -0.25) is 9.59 Å². The lowest BCUT2D eigenvalue weighted by Gasteiger charge is -2.17. The summed E-state index contributed by atoms with van der Waals surface area (Å²) in [5.74, 6) is 1.49. The lowest BCUT2D eigenvalue weighted by atomic mass is 10.2. The number of primary amides is 1. The highest BCUT2D eigenvalue weighted by Gasteiger charge is 2.14. The largest absolute Gasteiger partial charge is 0.457 e. The first-order chi connectivity index (χ1) is 15.1. The summed E-state index contributed by atoms with van der Waals surface area (Å²) in [6.45, 7) is 2.51. The van der Waals surface area contributed by atoms with E-state index >= 15 is 0 Å². The number of benzene rings is 2. The van der Waals surface area contributed by atoms with Gasteiger partial charge < -0.3 is 20.7 Å². The maximum absolute atomic E-state index is 12.5. The number of nitrogens with zero attached hydrogens (tertiary/aromatic N) is 2. The Hall–Kier alpha value is -3.87. The van der Waals surface area contributed by atoms with E-state index in [2.05, 4.69) is 15.2 Å². The fourth-order valence-electron chi connectivity index (χ4n) is 3.47. The second-order valence-corrected chi connectivity index (χ2v) is 7.41. The number of aromatic nitrogens is 1. The average Bonchev–Trinajstić information content (AvgIpc) is 3.34. The minimum absolute atomic E-state index is 0.156. The Morgan fingerprint density at radius 1 is 0.935 bits per heavy atom. The molecule has 3 N–H and O–H groups in total. The summed E-state index contributed by atoms with van der Waals surface area (Å²) in [6.07, 6.45) is 4.18. The average molecular weight is 416 g/mol. The van der Waals surface area contributed by atoms with Crippen LogP contribution in [0, 0.1) is 0 Å². The third-order valence-electron chi connectivity index (χ3n) is 5.18. The van der Waals surface area contributed by atoms with Crippen LogP contribution >= 0.6 is 0 Å². The molecule has 2 heterocycles. The van der Waals surface area contributed by atoms with Crippen LogP contribution in [0.3, 0.4) is 0 Å². The van der Waals surface area contributed by atoms with Gasteiger partial charge in [0.15, 0.2) is 0 Å². The van der Waals surface area contributed by atoms with E-state index in [4.69, 9.17) is 10.5 Å². The summed E-state index contributed by atoms with van der Waals surface area (Å²) in [4.78, 5) is 30.3. The van der Waals surface area contributed by atoms with Gasteiger partial charge in [-0.1, -0.05) is 0 Å². The molecule has 7 nitrogen and oxygen atoms in total. The van der Waals surface area contributed by atoms with Crippen LogP contribution in [0.15, 0.2) is 66.9 Å². The smallest absolute Gasteiger partial charge is 0.251 e. The highest BCUT2D eigenvalue weighted by atomic mass is 16.5. The predicted octanol–water partition coefficient (Wildman–Crippen LogP) is 3.50. The Bertz CT molecular complexity index is 1060. The number of anilines is 1. The number of amides is 2. The lowest BCUT2D eigenvalue weighted by Crippen LogP contribution is -2.23. The van der Waals surface area contributed by atoms with Gasteiger partial charge in [0.25, 0.3) is 5.91 Å². The first kappa shape index (κ1) is 20.4. The van der Waals surface area contributed by atoms with E-state index in [1.165, 1.54) is 12.8 Å². The Kier molecular flexibility index (Phi) is 6.12. The van der Waals surface area contributed by atoms with Crippen LogP contribution in [-0.2, 0) is 6.54 Å². The molecule has 7 heteroatoms. The van der Waals surface area contributed by atoms with E-state index in [0.717, 1.165) is 24.5 Å². The number of nitrogens with two attached hydrogens (primary N) is 1. The third-order valence-corrected chi connectivity index (χ3v) is 5.18. The van der Waals surface area contributed by atoms with Gasteiger partial charge in [0.2, 0.25) is 5.91 Å². The van der Waals surface area contributed by atoms with Gasteiger partial charge in [-0.2, -0.15) is 0 Å². The van der Waals surface area contributed by atoms with Crippen molar-refractivity contribution in [3.05, 3.63) is 83.6 Å². The third kappa shape index (κ3) is 5.19. The molecule has 0 spiro atoms. The minimum atomic E-state index is -0.485. The van der Waals surface area contributed by atoms with Crippen molar-refractivity contribution in [2.75, 3.05) is 18.0 Å². The lowest BCUT2D eigenvalue weighted by molar-refractivity contribution is 0.0949. The van der Waals surface area contributed by atoms with Gasteiger partial charge in [-0.05, 0) is 79.1 Å². The summed E-state index contributed by atoms with van der Waals surface area (Å²) >= 11 is 0. The van der Waals surface area contributed by atoms with Gasteiger partial charge in [-0.25, -0.2) is 4.98 Å². The highest BCUT2D eigenvalue weighted by Crippen LogP contribution is 2.22. The molecule has 0 aliphatic carbocycles. The Morgan fingerprint density at radius 2 is 1.55 bits per heavy atom. The van der Waals surface area contributed by atoms with Crippen molar-refractivity contribution in [1.29, 1.82) is 0 Å². The van der Waals surface area contributed by atoms with Gasteiger partial charge in [-0.15, -0.1) is 0 Å². The number of carbonyl (C=O) groups excluding carboxylic acids is 2. The molecule has 1 aliphatic rings. The van der Waals surface area contributed by atoms with Crippen LogP contribution in [0.1, 0.15) is 39.1 Å². The molecule has 2 amide bonds. The van der Waals surface area contributed by atoms with Gasteiger partial charge in [0.05, 0.1) is 0 Å². The zero-order valence-corrected chi connectivity index (χ0v) is 17.1. The first-order valence-corrected chi connectivity index (χ1v) is 10.2. The van der Waals surface area contributed by atoms with Crippen molar-refractivity contribution in [1.82, 2.24) is 10.3 Å². The van der Waals surface area contributed by atoms with Crippen LogP contribution in [0.4, 0.5) is 5.82 Å². The molecular weight excluding hydrogens is 392 g/mol. The van der Waals surface area contributed by atoms with Crippen molar-refractivity contribution >= 4 is 17.6 Å². The number of carbonyl (C=O) groups is 2. The number of ether oxygens (including phenoxy) is 1. The normalized spacial score (nSPS) is 13.1. The van der Waals surface area contributed by atoms with Crippen molar-refractivity contribution in [3.8, 4) is 11.5 Å². The molecule has 31 heavy (non-hydrogen) atoms. The van der Waals surface area contributed by atoms with E-state index in [1.54, 1.807) is 54.7 Å². The fraction of sp³-hybridized carbons (Fsp3) is 0.208. The number of hydrogen-bond donors (Lipinski definition) is 2. The molecular formula is C24H24N4O3. The Balaban J connectivity index is 1.33. The number of nitrogens with one attached hydrogen (secondary N) is 1. The van der Waals surface area contributed by atoms with E-state index in [1.807, 2.05) is 12.1 Å². The van der Waals surface area contributed by atoms with Gasteiger partial charge >= 0.3 is 0 Å². The highest BCUT2D eigenvalue weighted by molar-refractivity contribution is 5.94. The summed E-state index contributed by atoms with van der Waals surface area (Å²) < 4.78 is 5.74. The van der Waals surface area contributed by atoms with Gasteiger partial charge in [0, 0.05) is 37.0 Å². The molecule has 1 aliphatic heterocycles. The molecule has 158 valence electrons. The number of hydrogen-bond acceptors (Lipinski definition) is 5. The quantitative estimate of drug-likeness (QED) is 0.614. The molecule has 2 aromatic carbocycles. The fourth-order valence-corrected chi connectivity index (χ4v) is 3.47. The van der Waals surface area contributed by atoms with Gasteiger partial charge in [0.1, 0.15) is 17.3 Å². The van der Waals surface area contributed by atoms with Crippen LogP contribution < -0.4 is 20.7 Å². The Morgan fingerprint density at radius 3 is 2.16 bits per heavy atom. The maximum atomic E-state index is 12.5. The van der Waals surface area contributed by atoms with Crippen LogP contribution in [-0.4, -0.2) is 29.9 Å². The molecule has 0 radical (unpaired) electrons. The van der Waals surface area contributed by atoms with Crippen molar-refractivity contribution in [3.63, 3.8) is 0 Å². The zero-order valence-electron chi connectivity index (χ0n) is 17.1. The topological polar surface area (TPSA) is 97.6 Å². The summed E-state index contributed by atoms with van der Waals surface area (Å²) in [7, 11) is 0. The van der Waals surface area contributed by atoms with Crippen molar-refractivity contribution < 1.29 is 14.3 Å². The molecule has 0 unspecified atom stereocenters. The molecule has 1 aromatic heterocycles. The van der Waals surface area contributed by atoms with Crippen LogP contribution in [0.2, 0.25) is 0 Å².